The third kappa shape index (κ3) is 4.54. The molecule has 1 aromatic heterocycles. The molecular formula is C27H32FN3. The molecule has 3 aromatic rings. The van der Waals surface area contributed by atoms with Crippen LogP contribution in [0.1, 0.15) is 43.2 Å². The predicted molar refractivity (Wildman–Crippen MR) is 128 cm³/mol. The van der Waals surface area contributed by atoms with Crippen molar-refractivity contribution in [2.45, 2.75) is 38.5 Å². The molecule has 0 unspecified atom stereocenters. The highest BCUT2D eigenvalue weighted by atomic mass is 19.1. The number of aromatic amines is 1. The Morgan fingerprint density at radius 2 is 1.84 bits per heavy atom. The lowest BCUT2D eigenvalue weighted by Gasteiger charge is -2.31. The van der Waals surface area contributed by atoms with Crippen LogP contribution >= 0.6 is 0 Å². The van der Waals surface area contributed by atoms with Gasteiger partial charge in [0.2, 0.25) is 0 Å². The maximum atomic E-state index is 13.7. The summed E-state index contributed by atoms with van der Waals surface area (Å²) in [5, 5.41) is 0.999. The summed E-state index contributed by atoms with van der Waals surface area (Å²) in [4.78, 5) is 8.41. The quantitative estimate of drug-likeness (QED) is 0.475. The van der Waals surface area contributed by atoms with E-state index in [9.17, 15) is 4.39 Å². The van der Waals surface area contributed by atoms with Gasteiger partial charge in [0, 0.05) is 54.5 Å². The maximum Gasteiger partial charge on any atom is 0.123 e. The van der Waals surface area contributed by atoms with E-state index < -0.39 is 0 Å². The number of para-hydroxylation sites is 1. The highest BCUT2D eigenvalue weighted by Gasteiger charge is 2.17. The SMILES string of the molecule is Fc1ccc2[nH]cc(C3=CCN(CCCCCN4CCCc5ccccc54)CC3)c2c1. The van der Waals surface area contributed by atoms with Crippen LogP contribution in [0.2, 0.25) is 0 Å². The smallest absolute Gasteiger partial charge is 0.123 e. The molecule has 0 saturated carbocycles. The number of fused-ring (bicyclic) bond motifs is 2. The number of rotatable bonds is 7. The molecule has 0 fully saturated rings. The van der Waals surface area contributed by atoms with Gasteiger partial charge in [-0.25, -0.2) is 4.39 Å². The van der Waals surface area contributed by atoms with E-state index in [1.807, 2.05) is 12.3 Å². The van der Waals surface area contributed by atoms with Gasteiger partial charge in [0.15, 0.2) is 0 Å². The summed E-state index contributed by atoms with van der Waals surface area (Å²) >= 11 is 0. The van der Waals surface area contributed by atoms with E-state index >= 15 is 0 Å². The summed E-state index contributed by atoms with van der Waals surface area (Å²) in [5.74, 6) is -0.167. The molecule has 3 heterocycles. The fourth-order valence-electron chi connectivity index (χ4n) is 5.18. The summed E-state index contributed by atoms with van der Waals surface area (Å²) in [7, 11) is 0. The highest BCUT2D eigenvalue weighted by Crippen LogP contribution is 2.30. The van der Waals surface area contributed by atoms with Gasteiger partial charge < -0.3 is 9.88 Å². The maximum absolute atomic E-state index is 13.7. The molecule has 0 atom stereocenters. The molecule has 31 heavy (non-hydrogen) atoms. The zero-order valence-corrected chi connectivity index (χ0v) is 18.2. The van der Waals surface area contributed by atoms with Crippen LogP contribution in [0, 0.1) is 5.82 Å². The van der Waals surface area contributed by atoms with E-state index in [0.29, 0.717) is 0 Å². The first-order valence-electron chi connectivity index (χ1n) is 11.8. The molecule has 0 radical (unpaired) electrons. The van der Waals surface area contributed by atoms with Crippen LogP contribution in [0.15, 0.2) is 54.7 Å². The largest absolute Gasteiger partial charge is 0.371 e. The lowest BCUT2D eigenvalue weighted by molar-refractivity contribution is 0.294. The molecule has 162 valence electrons. The minimum atomic E-state index is -0.167. The Morgan fingerprint density at radius 1 is 0.935 bits per heavy atom. The average Bonchev–Trinajstić information content (AvgIpc) is 3.22. The number of hydrogen-bond donors (Lipinski definition) is 1. The van der Waals surface area contributed by atoms with Crippen LogP contribution in [0.5, 0.6) is 0 Å². The van der Waals surface area contributed by atoms with Crippen molar-refractivity contribution in [1.29, 1.82) is 0 Å². The summed E-state index contributed by atoms with van der Waals surface area (Å²) < 4.78 is 13.7. The van der Waals surface area contributed by atoms with Gasteiger partial charge in [-0.05, 0) is 74.1 Å². The number of benzene rings is 2. The van der Waals surface area contributed by atoms with Crippen LogP contribution in [0.4, 0.5) is 10.1 Å². The van der Waals surface area contributed by atoms with Gasteiger partial charge in [-0.15, -0.1) is 0 Å². The van der Waals surface area contributed by atoms with Crippen molar-refractivity contribution >= 4 is 22.2 Å². The topological polar surface area (TPSA) is 22.3 Å². The summed E-state index contributed by atoms with van der Waals surface area (Å²) in [6.45, 7) is 5.64. The molecule has 0 amide bonds. The monoisotopic (exact) mass is 417 g/mol. The van der Waals surface area contributed by atoms with Crippen LogP contribution in [-0.2, 0) is 6.42 Å². The van der Waals surface area contributed by atoms with Gasteiger partial charge in [-0.3, -0.25) is 4.90 Å². The average molecular weight is 418 g/mol. The Bertz CT molecular complexity index is 1070. The molecule has 0 spiro atoms. The lowest BCUT2D eigenvalue weighted by atomic mass is 9.98. The minimum absolute atomic E-state index is 0.167. The fourth-order valence-corrected chi connectivity index (χ4v) is 5.18. The molecule has 4 heteroatoms. The molecular weight excluding hydrogens is 385 g/mol. The Kier molecular flexibility index (Phi) is 6.08. The van der Waals surface area contributed by atoms with Crippen LogP contribution in [-0.4, -0.2) is 42.6 Å². The normalized spacial score (nSPS) is 17.1. The Morgan fingerprint density at radius 3 is 2.74 bits per heavy atom. The Labute approximate surface area is 184 Å². The van der Waals surface area contributed by atoms with E-state index in [2.05, 4.69) is 45.1 Å². The van der Waals surface area contributed by atoms with E-state index in [-0.39, 0.29) is 5.82 Å². The zero-order chi connectivity index (χ0) is 21.0. The highest BCUT2D eigenvalue weighted by molar-refractivity contribution is 5.92. The Balaban J connectivity index is 1.08. The van der Waals surface area contributed by atoms with Crippen molar-refractivity contribution in [2.24, 2.45) is 0 Å². The number of nitrogens with zero attached hydrogens (tertiary/aromatic N) is 2. The number of aryl methyl sites for hydroxylation is 1. The summed E-state index contributed by atoms with van der Waals surface area (Å²) in [5.41, 5.74) is 6.49. The number of nitrogens with one attached hydrogen (secondary N) is 1. The van der Waals surface area contributed by atoms with Crippen molar-refractivity contribution in [1.82, 2.24) is 9.88 Å². The summed E-state index contributed by atoms with van der Waals surface area (Å²) in [6.07, 6.45) is 11.7. The number of unbranched alkanes of at least 4 members (excludes halogenated alkanes) is 2. The first-order chi connectivity index (χ1) is 15.3. The van der Waals surface area contributed by atoms with Gasteiger partial charge in [0.1, 0.15) is 5.82 Å². The van der Waals surface area contributed by atoms with Crippen molar-refractivity contribution in [3.8, 4) is 0 Å². The van der Waals surface area contributed by atoms with Gasteiger partial charge >= 0.3 is 0 Å². The zero-order valence-electron chi connectivity index (χ0n) is 18.2. The van der Waals surface area contributed by atoms with Gasteiger partial charge in [0.05, 0.1) is 0 Å². The molecule has 0 bridgehead atoms. The van der Waals surface area contributed by atoms with Crippen molar-refractivity contribution in [3.63, 3.8) is 0 Å². The number of aromatic nitrogens is 1. The minimum Gasteiger partial charge on any atom is -0.371 e. The third-order valence-electron chi connectivity index (χ3n) is 6.89. The van der Waals surface area contributed by atoms with Crippen molar-refractivity contribution in [2.75, 3.05) is 37.6 Å². The van der Waals surface area contributed by atoms with Crippen LogP contribution in [0.25, 0.3) is 16.5 Å². The first kappa shape index (κ1) is 20.3. The fraction of sp³-hybridized carbons (Fsp3) is 0.407. The van der Waals surface area contributed by atoms with E-state index in [1.54, 1.807) is 6.07 Å². The molecule has 2 aliphatic heterocycles. The van der Waals surface area contributed by atoms with E-state index in [0.717, 1.165) is 36.0 Å². The van der Waals surface area contributed by atoms with Gasteiger partial charge in [0.25, 0.3) is 0 Å². The van der Waals surface area contributed by atoms with E-state index in [1.165, 1.54) is 74.6 Å². The van der Waals surface area contributed by atoms with Crippen LogP contribution < -0.4 is 4.90 Å². The first-order valence-corrected chi connectivity index (χ1v) is 11.8. The second-order valence-electron chi connectivity index (χ2n) is 8.95. The Hall–Kier alpha value is -2.59. The molecule has 5 rings (SSSR count). The number of hydrogen-bond acceptors (Lipinski definition) is 2. The molecule has 2 aromatic carbocycles. The number of H-pyrrole nitrogens is 1. The van der Waals surface area contributed by atoms with Gasteiger partial charge in [-0.1, -0.05) is 30.7 Å². The lowest BCUT2D eigenvalue weighted by Crippen LogP contribution is -2.31. The standard InChI is InChI=1S/C27H32FN3/c28-23-10-11-26-24(19-23)25(20-29-26)21-12-17-30(18-13-21)14-4-1-5-15-31-16-6-8-22-7-2-3-9-27(22)31/h2-3,7,9-12,19-20,29H,1,4-6,8,13-18H2. The molecule has 2 aliphatic rings. The summed E-state index contributed by atoms with van der Waals surface area (Å²) in [6, 6.07) is 13.9. The molecule has 3 nitrogen and oxygen atoms in total. The van der Waals surface area contributed by atoms with Gasteiger partial charge in [-0.2, -0.15) is 0 Å². The number of anilines is 1. The second-order valence-corrected chi connectivity index (χ2v) is 8.95. The number of halogens is 1. The molecule has 0 saturated heterocycles. The molecule has 1 N–H and O–H groups in total. The second kappa shape index (κ2) is 9.27. The van der Waals surface area contributed by atoms with Crippen LogP contribution in [0.3, 0.4) is 0 Å². The van der Waals surface area contributed by atoms with E-state index in [4.69, 9.17) is 0 Å². The van der Waals surface area contributed by atoms with Crippen molar-refractivity contribution in [3.05, 3.63) is 71.7 Å². The third-order valence-corrected chi connectivity index (χ3v) is 6.89. The molecule has 0 aliphatic carbocycles. The van der Waals surface area contributed by atoms with Crippen molar-refractivity contribution < 1.29 is 4.39 Å². The predicted octanol–water partition coefficient (Wildman–Crippen LogP) is 6.02.